The maximum atomic E-state index is 11.0. The van der Waals surface area contributed by atoms with E-state index in [1.165, 1.54) is 9.80 Å². The quantitative estimate of drug-likeness (QED) is 0.623. The van der Waals surface area contributed by atoms with Gasteiger partial charge in [0.05, 0.1) is 5.54 Å². The van der Waals surface area contributed by atoms with Crippen molar-refractivity contribution in [2.45, 2.75) is 18.9 Å². The number of amides is 2. The zero-order valence-corrected chi connectivity index (χ0v) is 8.51. The van der Waals surface area contributed by atoms with Crippen LogP contribution >= 0.6 is 0 Å². The zero-order valence-electron chi connectivity index (χ0n) is 8.51. The van der Waals surface area contributed by atoms with E-state index in [0.29, 0.717) is 19.6 Å². The molecule has 0 bridgehead atoms. The van der Waals surface area contributed by atoms with Crippen molar-refractivity contribution in [3.05, 3.63) is 0 Å². The maximum absolute atomic E-state index is 11.0. The summed E-state index contributed by atoms with van der Waals surface area (Å²) in [6.45, 7) is 3.10. The molecule has 6 nitrogen and oxygen atoms in total. The van der Waals surface area contributed by atoms with Gasteiger partial charge in [0.2, 0.25) is 0 Å². The summed E-state index contributed by atoms with van der Waals surface area (Å²) in [7, 11) is 0. The van der Waals surface area contributed by atoms with E-state index in [0.717, 1.165) is 6.42 Å². The molecule has 84 valence electrons. The van der Waals surface area contributed by atoms with E-state index in [4.69, 9.17) is 10.2 Å². The standard InChI is InChI=1S/C9H14N2O4/c1-9-5-10(7(12)13)4-6(9)2-3-11(9)8(14)15/h6H,2-5H2,1H3,(H,12,13)(H,14,15). The lowest BCUT2D eigenvalue weighted by Gasteiger charge is -2.32. The van der Waals surface area contributed by atoms with Gasteiger partial charge < -0.3 is 20.0 Å². The summed E-state index contributed by atoms with van der Waals surface area (Å²) >= 11 is 0. The third-order valence-corrected chi connectivity index (χ3v) is 3.65. The molecule has 2 fully saturated rings. The number of carboxylic acid groups (broad SMARTS) is 2. The number of rotatable bonds is 0. The van der Waals surface area contributed by atoms with Crippen LogP contribution in [0, 0.1) is 5.92 Å². The van der Waals surface area contributed by atoms with Crippen LogP contribution in [0.3, 0.4) is 0 Å². The summed E-state index contributed by atoms with van der Waals surface area (Å²) in [5, 5.41) is 17.9. The molecule has 0 saturated carbocycles. The molecule has 0 radical (unpaired) electrons. The Bertz CT molecular complexity index is 319. The fourth-order valence-corrected chi connectivity index (χ4v) is 2.75. The second-order valence-electron chi connectivity index (χ2n) is 4.44. The summed E-state index contributed by atoms with van der Waals surface area (Å²) in [6.07, 6.45) is -1.16. The first-order valence-corrected chi connectivity index (χ1v) is 4.93. The molecule has 2 unspecified atom stereocenters. The van der Waals surface area contributed by atoms with Crippen LogP contribution in [0.25, 0.3) is 0 Å². The second kappa shape index (κ2) is 3.01. The molecule has 2 rings (SSSR count). The van der Waals surface area contributed by atoms with Crippen molar-refractivity contribution in [1.82, 2.24) is 9.80 Å². The smallest absolute Gasteiger partial charge is 0.407 e. The van der Waals surface area contributed by atoms with Gasteiger partial charge in [0, 0.05) is 25.6 Å². The van der Waals surface area contributed by atoms with Gasteiger partial charge in [-0.3, -0.25) is 0 Å². The van der Waals surface area contributed by atoms with E-state index in [1.54, 1.807) is 0 Å². The van der Waals surface area contributed by atoms with Gasteiger partial charge in [-0.15, -0.1) is 0 Å². The molecule has 2 amide bonds. The van der Waals surface area contributed by atoms with E-state index in [2.05, 4.69) is 0 Å². The molecule has 2 N–H and O–H groups in total. The highest BCUT2D eigenvalue weighted by atomic mass is 16.4. The Morgan fingerprint density at radius 3 is 2.53 bits per heavy atom. The average molecular weight is 214 g/mol. The van der Waals surface area contributed by atoms with Gasteiger partial charge in [0.1, 0.15) is 0 Å². The normalized spacial score (nSPS) is 34.3. The summed E-state index contributed by atoms with van der Waals surface area (Å²) in [6, 6.07) is 0. The third kappa shape index (κ3) is 1.32. The molecule has 0 aromatic rings. The van der Waals surface area contributed by atoms with Crippen LogP contribution in [0.2, 0.25) is 0 Å². The lowest BCUT2D eigenvalue weighted by atomic mass is 9.90. The monoisotopic (exact) mass is 214 g/mol. The van der Waals surface area contributed by atoms with Gasteiger partial charge in [0.25, 0.3) is 0 Å². The molecule has 2 heterocycles. The Labute approximate surface area is 87.1 Å². The molecule has 6 heteroatoms. The number of fused-ring (bicyclic) bond motifs is 1. The maximum Gasteiger partial charge on any atom is 0.407 e. The van der Waals surface area contributed by atoms with Crippen molar-refractivity contribution in [2.24, 2.45) is 5.92 Å². The lowest BCUT2D eigenvalue weighted by Crippen LogP contribution is -2.49. The van der Waals surface area contributed by atoms with Crippen LogP contribution in [0.4, 0.5) is 9.59 Å². The average Bonchev–Trinajstić information content (AvgIpc) is 2.56. The fourth-order valence-electron chi connectivity index (χ4n) is 2.75. The van der Waals surface area contributed by atoms with E-state index in [-0.39, 0.29) is 5.92 Å². The zero-order chi connectivity index (χ0) is 11.2. The molecule has 0 spiro atoms. The minimum absolute atomic E-state index is 0.143. The third-order valence-electron chi connectivity index (χ3n) is 3.65. The van der Waals surface area contributed by atoms with Crippen LogP contribution in [0.1, 0.15) is 13.3 Å². The highest BCUT2D eigenvalue weighted by Gasteiger charge is 2.54. The lowest BCUT2D eigenvalue weighted by molar-refractivity contribution is 0.0994. The van der Waals surface area contributed by atoms with Crippen molar-refractivity contribution in [1.29, 1.82) is 0 Å². The van der Waals surface area contributed by atoms with Crippen LogP contribution in [-0.2, 0) is 0 Å². The molecule has 15 heavy (non-hydrogen) atoms. The molecule has 2 atom stereocenters. The van der Waals surface area contributed by atoms with Crippen LogP contribution in [0.15, 0.2) is 0 Å². The molecular weight excluding hydrogens is 200 g/mol. The second-order valence-corrected chi connectivity index (χ2v) is 4.44. The summed E-state index contributed by atoms with van der Waals surface area (Å²) in [5.74, 6) is 0.143. The van der Waals surface area contributed by atoms with Crippen LogP contribution in [-0.4, -0.2) is 57.4 Å². The number of nitrogens with zero attached hydrogens (tertiary/aromatic N) is 2. The van der Waals surface area contributed by atoms with Crippen molar-refractivity contribution in [3.8, 4) is 0 Å². The molecule has 0 aromatic carbocycles. The molecule has 0 aromatic heterocycles. The number of hydrogen-bond donors (Lipinski definition) is 2. The Hall–Kier alpha value is -1.46. The van der Waals surface area contributed by atoms with Crippen molar-refractivity contribution >= 4 is 12.2 Å². The van der Waals surface area contributed by atoms with Crippen molar-refractivity contribution in [2.75, 3.05) is 19.6 Å². The number of carbonyl (C=O) groups is 2. The first-order valence-electron chi connectivity index (χ1n) is 4.93. The largest absolute Gasteiger partial charge is 0.465 e. The first kappa shape index (κ1) is 10.1. The van der Waals surface area contributed by atoms with Gasteiger partial charge in [-0.25, -0.2) is 9.59 Å². The van der Waals surface area contributed by atoms with Gasteiger partial charge in [-0.1, -0.05) is 0 Å². The van der Waals surface area contributed by atoms with Crippen molar-refractivity contribution in [3.63, 3.8) is 0 Å². The molecule has 0 aliphatic carbocycles. The SMILES string of the molecule is CC12CN(C(=O)O)CC1CCN2C(=O)O. The predicted molar refractivity (Wildman–Crippen MR) is 50.8 cm³/mol. The molecule has 2 aliphatic heterocycles. The number of likely N-dealkylation sites (tertiary alicyclic amines) is 2. The van der Waals surface area contributed by atoms with Gasteiger partial charge >= 0.3 is 12.2 Å². The topological polar surface area (TPSA) is 81.1 Å². The Morgan fingerprint density at radius 2 is 2.00 bits per heavy atom. The molecular formula is C9H14N2O4. The van der Waals surface area contributed by atoms with Gasteiger partial charge in [0.15, 0.2) is 0 Å². The number of hydrogen-bond acceptors (Lipinski definition) is 2. The minimum Gasteiger partial charge on any atom is -0.465 e. The fraction of sp³-hybridized carbons (Fsp3) is 0.778. The van der Waals surface area contributed by atoms with E-state index < -0.39 is 17.7 Å². The van der Waals surface area contributed by atoms with Crippen LogP contribution < -0.4 is 0 Å². The summed E-state index contributed by atoms with van der Waals surface area (Å²) < 4.78 is 0. The van der Waals surface area contributed by atoms with E-state index in [9.17, 15) is 9.59 Å². The van der Waals surface area contributed by atoms with Crippen molar-refractivity contribution < 1.29 is 19.8 Å². The summed E-state index contributed by atoms with van der Waals surface area (Å²) in [5.41, 5.74) is -0.524. The minimum atomic E-state index is -0.962. The first-order chi connectivity index (χ1) is 6.95. The highest BCUT2D eigenvalue weighted by molar-refractivity contribution is 5.69. The van der Waals surface area contributed by atoms with Gasteiger partial charge in [-0.2, -0.15) is 0 Å². The van der Waals surface area contributed by atoms with Crippen LogP contribution in [0.5, 0.6) is 0 Å². The predicted octanol–water partition coefficient (Wildman–Crippen LogP) is 0.739. The Balaban J connectivity index is 2.20. The highest BCUT2D eigenvalue weighted by Crippen LogP contribution is 2.40. The van der Waals surface area contributed by atoms with E-state index in [1.807, 2.05) is 6.92 Å². The Kier molecular flexibility index (Phi) is 2.02. The summed E-state index contributed by atoms with van der Waals surface area (Å²) in [4.78, 5) is 24.5. The van der Waals surface area contributed by atoms with Gasteiger partial charge in [-0.05, 0) is 13.3 Å². The van der Waals surface area contributed by atoms with E-state index >= 15 is 0 Å². The molecule has 2 aliphatic rings. The Morgan fingerprint density at radius 1 is 1.33 bits per heavy atom. The molecule has 2 saturated heterocycles.